The van der Waals surface area contributed by atoms with E-state index in [1.807, 2.05) is 43.6 Å². The number of fused-ring (bicyclic) bond motifs is 1. The van der Waals surface area contributed by atoms with E-state index in [1.165, 1.54) is 12.0 Å². The maximum atomic E-state index is 9.01. The number of nitrogens with zero attached hydrogens (tertiary/aromatic N) is 3. The molecule has 0 aliphatic carbocycles. The lowest BCUT2D eigenvalue weighted by Gasteiger charge is -2.19. The zero-order chi connectivity index (χ0) is 17.5. The van der Waals surface area contributed by atoms with Crippen LogP contribution in [0.25, 0.3) is 16.3 Å². The molecule has 0 bridgehead atoms. The van der Waals surface area contributed by atoms with Gasteiger partial charge in [-0.3, -0.25) is 0 Å². The number of rotatable bonds is 6. The summed E-state index contributed by atoms with van der Waals surface area (Å²) < 4.78 is 5.32. The number of allylic oxidation sites excluding steroid dienone is 2. The number of benzene rings is 2. The Balaban J connectivity index is 2.31. The van der Waals surface area contributed by atoms with Gasteiger partial charge in [-0.15, -0.1) is 0 Å². The predicted octanol–water partition coefficient (Wildman–Crippen LogP) is 4.39. The Hall–Kier alpha value is -2.47. The molecular formula is C19H19N3OS. The van der Waals surface area contributed by atoms with Crippen LogP contribution in [-0.4, -0.2) is 26.5 Å². The number of hydrogen-bond donors (Lipinski definition) is 0. The minimum atomic E-state index is 0.152. The molecule has 0 spiro atoms. The second-order valence-electron chi connectivity index (χ2n) is 5.38. The first-order valence-corrected chi connectivity index (χ1v) is 8.67. The summed E-state index contributed by atoms with van der Waals surface area (Å²) in [5, 5.41) is 20.2. The fourth-order valence-corrected chi connectivity index (χ4v) is 2.67. The number of nitriles is 2. The van der Waals surface area contributed by atoms with Gasteiger partial charge in [0, 0.05) is 25.5 Å². The first-order valence-electron chi connectivity index (χ1n) is 7.52. The average molecular weight is 337 g/mol. The fraction of sp³-hybridized carbons (Fsp3) is 0.263. The maximum absolute atomic E-state index is 9.01. The van der Waals surface area contributed by atoms with Gasteiger partial charge >= 0.3 is 0 Å². The molecule has 2 aromatic rings. The summed E-state index contributed by atoms with van der Waals surface area (Å²) in [6, 6.07) is 16.1. The molecule has 24 heavy (non-hydrogen) atoms. The Morgan fingerprint density at radius 2 is 1.79 bits per heavy atom. The summed E-state index contributed by atoms with van der Waals surface area (Å²) >= 11 is 1.37. The Morgan fingerprint density at radius 1 is 1.12 bits per heavy atom. The van der Waals surface area contributed by atoms with Crippen LogP contribution in [0, 0.1) is 22.7 Å². The summed E-state index contributed by atoms with van der Waals surface area (Å²) in [4.78, 5) is 2.15. The summed E-state index contributed by atoms with van der Waals surface area (Å²) in [6.45, 7) is 3.29. The molecule has 122 valence electrons. The van der Waals surface area contributed by atoms with Gasteiger partial charge in [0.25, 0.3) is 0 Å². The van der Waals surface area contributed by atoms with Crippen LogP contribution in [-0.2, 0) is 4.18 Å². The van der Waals surface area contributed by atoms with Gasteiger partial charge in [-0.1, -0.05) is 18.2 Å². The Morgan fingerprint density at radius 3 is 2.46 bits per heavy atom. The van der Waals surface area contributed by atoms with Gasteiger partial charge in [0.2, 0.25) is 0 Å². The van der Waals surface area contributed by atoms with Gasteiger partial charge in [-0.25, -0.2) is 0 Å². The molecule has 2 aromatic carbocycles. The highest BCUT2D eigenvalue weighted by Crippen LogP contribution is 2.26. The van der Waals surface area contributed by atoms with Crippen LogP contribution in [0.15, 0.2) is 42.0 Å². The zero-order valence-corrected chi connectivity index (χ0v) is 14.9. The van der Waals surface area contributed by atoms with Crippen LogP contribution < -0.4 is 4.90 Å². The summed E-state index contributed by atoms with van der Waals surface area (Å²) in [5.74, 6) is 0. The molecule has 0 fully saturated rings. The fourth-order valence-electron chi connectivity index (χ4n) is 2.43. The predicted molar refractivity (Wildman–Crippen MR) is 101 cm³/mol. The number of anilines is 1. The molecule has 0 amide bonds. The molecule has 0 aromatic heterocycles. The van der Waals surface area contributed by atoms with Crippen molar-refractivity contribution in [2.75, 3.05) is 31.4 Å². The highest BCUT2D eigenvalue weighted by atomic mass is 32.2. The Labute approximate surface area is 147 Å². The molecule has 5 heteroatoms. The molecule has 0 unspecified atom stereocenters. The lowest BCUT2D eigenvalue weighted by atomic mass is 9.99. The molecule has 0 heterocycles. The van der Waals surface area contributed by atoms with Crippen molar-refractivity contribution in [2.45, 2.75) is 6.92 Å². The van der Waals surface area contributed by atoms with Crippen molar-refractivity contribution in [3.8, 4) is 12.1 Å². The molecule has 4 nitrogen and oxygen atoms in total. The molecule has 0 saturated heterocycles. The number of likely N-dealkylation sites (N-methyl/N-ethyl adjacent to an activating group) is 1. The van der Waals surface area contributed by atoms with Crippen molar-refractivity contribution in [3.63, 3.8) is 0 Å². The minimum absolute atomic E-state index is 0.152. The summed E-state index contributed by atoms with van der Waals surface area (Å²) in [6.07, 6.45) is 1.91. The van der Waals surface area contributed by atoms with Crippen LogP contribution >= 0.6 is 12.0 Å². The van der Waals surface area contributed by atoms with E-state index in [9.17, 15) is 0 Å². The van der Waals surface area contributed by atoms with E-state index < -0.39 is 0 Å². The van der Waals surface area contributed by atoms with E-state index in [4.69, 9.17) is 14.7 Å². The standard InChI is InChI=1S/C19H19N3OS/c1-14(18(12-20)13-21)15-4-5-17-11-19(7-6-16(17)10-15)22(2)8-9-23-24-3/h4-7,10-11H,8-9H2,1-3H3. The molecule has 0 atom stereocenters. The van der Waals surface area contributed by atoms with Gasteiger partial charge in [0.15, 0.2) is 0 Å². The third-order valence-electron chi connectivity index (χ3n) is 3.92. The first-order chi connectivity index (χ1) is 11.6. The van der Waals surface area contributed by atoms with Gasteiger partial charge in [-0.05, 0) is 59.1 Å². The molecule has 0 aliphatic rings. The lowest BCUT2D eigenvalue weighted by molar-refractivity contribution is 0.385. The van der Waals surface area contributed by atoms with Gasteiger partial charge in [0.1, 0.15) is 17.7 Å². The second kappa shape index (κ2) is 8.40. The smallest absolute Gasteiger partial charge is 0.133 e. The van der Waals surface area contributed by atoms with E-state index >= 15 is 0 Å². The third kappa shape index (κ3) is 4.08. The SMILES string of the molecule is CSOCCN(C)c1ccc2cc(C(C)=C(C#N)C#N)ccc2c1. The van der Waals surface area contributed by atoms with Crippen molar-refractivity contribution in [2.24, 2.45) is 0 Å². The minimum Gasteiger partial charge on any atom is -0.372 e. The van der Waals surface area contributed by atoms with Crippen molar-refractivity contribution >= 4 is 34.1 Å². The molecule has 2 rings (SSSR count). The average Bonchev–Trinajstić information content (AvgIpc) is 2.61. The van der Waals surface area contributed by atoms with Crippen molar-refractivity contribution in [1.82, 2.24) is 0 Å². The number of hydrogen-bond acceptors (Lipinski definition) is 5. The van der Waals surface area contributed by atoms with E-state index in [0.717, 1.165) is 28.6 Å². The Kier molecular flexibility index (Phi) is 6.26. The molecule has 0 saturated carbocycles. The summed E-state index contributed by atoms with van der Waals surface area (Å²) in [7, 11) is 2.04. The van der Waals surface area contributed by atoms with Crippen molar-refractivity contribution in [3.05, 3.63) is 47.5 Å². The molecule has 0 aliphatic heterocycles. The molecular weight excluding hydrogens is 318 g/mol. The first kappa shape index (κ1) is 17.9. The maximum Gasteiger partial charge on any atom is 0.133 e. The summed E-state index contributed by atoms with van der Waals surface area (Å²) in [5.41, 5.74) is 2.88. The van der Waals surface area contributed by atoms with Crippen LogP contribution in [0.2, 0.25) is 0 Å². The van der Waals surface area contributed by atoms with E-state index in [-0.39, 0.29) is 5.57 Å². The molecule has 0 N–H and O–H groups in total. The van der Waals surface area contributed by atoms with Crippen LogP contribution in [0.1, 0.15) is 12.5 Å². The Bertz CT molecular complexity index is 830. The monoisotopic (exact) mass is 337 g/mol. The van der Waals surface area contributed by atoms with Crippen LogP contribution in [0.5, 0.6) is 0 Å². The van der Waals surface area contributed by atoms with E-state index in [0.29, 0.717) is 12.2 Å². The lowest BCUT2D eigenvalue weighted by Crippen LogP contribution is -2.21. The highest BCUT2D eigenvalue weighted by Gasteiger charge is 2.07. The van der Waals surface area contributed by atoms with Gasteiger partial charge in [0.05, 0.1) is 6.61 Å². The largest absolute Gasteiger partial charge is 0.372 e. The van der Waals surface area contributed by atoms with E-state index in [2.05, 4.69) is 23.1 Å². The van der Waals surface area contributed by atoms with Crippen LogP contribution in [0.3, 0.4) is 0 Å². The highest BCUT2D eigenvalue weighted by molar-refractivity contribution is 7.93. The van der Waals surface area contributed by atoms with Crippen molar-refractivity contribution < 1.29 is 4.18 Å². The van der Waals surface area contributed by atoms with Gasteiger partial charge < -0.3 is 9.08 Å². The van der Waals surface area contributed by atoms with E-state index in [1.54, 1.807) is 6.92 Å². The quantitative estimate of drug-likeness (QED) is 0.444. The van der Waals surface area contributed by atoms with Crippen LogP contribution in [0.4, 0.5) is 5.69 Å². The second-order valence-corrected chi connectivity index (χ2v) is 5.95. The normalized spacial score (nSPS) is 10.0. The topological polar surface area (TPSA) is 60.0 Å². The van der Waals surface area contributed by atoms with Crippen molar-refractivity contribution in [1.29, 1.82) is 10.5 Å². The third-order valence-corrected chi connectivity index (χ3v) is 4.33. The van der Waals surface area contributed by atoms with Gasteiger partial charge in [-0.2, -0.15) is 10.5 Å². The molecule has 0 radical (unpaired) electrons. The zero-order valence-electron chi connectivity index (χ0n) is 14.0.